The number of hydrogen-bond donors (Lipinski definition) is 1. The zero-order chi connectivity index (χ0) is 23.8. The lowest BCUT2D eigenvalue weighted by molar-refractivity contribution is -0.143. The summed E-state index contributed by atoms with van der Waals surface area (Å²) in [7, 11) is 0. The lowest BCUT2D eigenvalue weighted by Gasteiger charge is -2.18. The molecule has 0 spiro atoms. The van der Waals surface area contributed by atoms with Crippen LogP contribution in [0.15, 0.2) is 42.5 Å². The average molecular weight is 449 g/mol. The van der Waals surface area contributed by atoms with Gasteiger partial charge in [-0.15, -0.1) is 0 Å². The molecule has 0 bridgehead atoms. The van der Waals surface area contributed by atoms with Crippen LogP contribution < -0.4 is 10.5 Å². The highest BCUT2D eigenvalue weighted by Crippen LogP contribution is 2.36. The van der Waals surface area contributed by atoms with Gasteiger partial charge < -0.3 is 15.2 Å². The molecule has 0 atom stereocenters. The van der Waals surface area contributed by atoms with E-state index in [1.54, 1.807) is 0 Å². The summed E-state index contributed by atoms with van der Waals surface area (Å²) >= 11 is 0. The van der Waals surface area contributed by atoms with Crippen molar-refractivity contribution < 1.29 is 14.3 Å². The molecule has 0 aliphatic carbocycles. The first kappa shape index (κ1) is 24.7. The number of rotatable bonds is 11. The highest BCUT2D eigenvalue weighted by atomic mass is 16.5. The number of carbonyl (C=O) groups excluding carboxylic acids is 1. The van der Waals surface area contributed by atoms with Crippen molar-refractivity contribution >= 4 is 16.9 Å². The minimum absolute atomic E-state index is 0.150. The smallest absolute Gasteiger partial charge is 0.305 e. The molecule has 3 aromatic rings. The second-order valence-corrected chi connectivity index (χ2v) is 8.87. The summed E-state index contributed by atoms with van der Waals surface area (Å²) in [5.74, 6) is 1.14. The Labute approximate surface area is 197 Å². The summed E-state index contributed by atoms with van der Waals surface area (Å²) in [6.45, 7) is 9.74. The fourth-order valence-electron chi connectivity index (χ4n) is 4.04. The number of hydrogen-bond acceptors (Lipinski definition) is 5. The first-order valence-corrected chi connectivity index (χ1v) is 11.9. The fraction of sp³-hybridized carbons (Fsp3) is 0.429. The summed E-state index contributed by atoms with van der Waals surface area (Å²) in [6, 6.07) is 14.7. The van der Waals surface area contributed by atoms with Gasteiger partial charge in [0, 0.05) is 24.0 Å². The van der Waals surface area contributed by atoms with Gasteiger partial charge >= 0.3 is 5.97 Å². The first-order chi connectivity index (χ1) is 15.9. The Kier molecular flexibility index (Phi) is 8.84. The van der Waals surface area contributed by atoms with Crippen LogP contribution in [0.3, 0.4) is 0 Å². The van der Waals surface area contributed by atoms with Gasteiger partial charge in [0.25, 0.3) is 0 Å². The monoisotopic (exact) mass is 448 g/mol. The number of fused-ring (bicyclic) bond motifs is 1. The van der Waals surface area contributed by atoms with Crippen molar-refractivity contribution in [2.75, 3.05) is 13.2 Å². The summed E-state index contributed by atoms with van der Waals surface area (Å²) in [6.07, 6.45) is 2.86. The van der Waals surface area contributed by atoms with E-state index in [0.717, 1.165) is 58.3 Å². The van der Waals surface area contributed by atoms with E-state index < -0.39 is 0 Å². The van der Waals surface area contributed by atoms with Gasteiger partial charge in [-0.05, 0) is 73.9 Å². The topological polar surface area (TPSA) is 74.4 Å². The van der Waals surface area contributed by atoms with Gasteiger partial charge in [0.05, 0.1) is 18.7 Å². The molecule has 2 aromatic carbocycles. The number of benzene rings is 2. The van der Waals surface area contributed by atoms with Crippen molar-refractivity contribution in [3.05, 3.63) is 59.3 Å². The highest BCUT2D eigenvalue weighted by molar-refractivity contribution is 5.97. The van der Waals surface area contributed by atoms with Crippen LogP contribution in [0.2, 0.25) is 0 Å². The Morgan fingerprint density at radius 1 is 1.09 bits per heavy atom. The van der Waals surface area contributed by atoms with Crippen LogP contribution in [-0.2, 0) is 22.5 Å². The third-order valence-electron chi connectivity index (χ3n) is 5.64. The molecule has 0 unspecified atom stereocenters. The summed E-state index contributed by atoms with van der Waals surface area (Å²) in [5.41, 5.74) is 12.9. The maximum Gasteiger partial charge on any atom is 0.305 e. The van der Waals surface area contributed by atoms with E-state index in [1.165, 1.54) is 5.56 Å². The molecule has 3 rings (SSSR count). The molecular weight excluding hydrogens is 412 g/mol. The van der Waals surface area contributed by atoms with E-state index in [2.05, 4.69) is 51.1 Å². The van der Waals surface area contributed by atoms with E-state index in [4.69, 9.17) is 20.2 Å². The normalized spacial score (nSPS) is 11.2. The lowest BCUT2D eigenvalue weighted by atomic mass is 9.91. The molecule has 176 valence electrons. The number of carbonyl (C=O) groups is 1. The molecule has 1 heterocycles. The van der Waals surface area contributed by atoms with E-state index in [1.807, 2.05) is 19.1 Å². The minimum Gasteiger partial charge on any atom is -0.494 e. The van der Waals surface area contributed by atoms with Crippen molar-refractivity contribution in [1.82, 2.24) is 4.98 Å². The van der Waals surface area contributed by atoms with Gasteiger partial charge in [0.2, 0.25) is 0 Å². The molecule has 0 amide bonds. The zero-order valence-electron chi connectivity index (χ0n) is 20.3. The minimum atomic E-state index is -0.150. The Morgan fingerprint density at radius 2 is 1.85 bits per heavy atom. The molecular formula is C28H36N2O3. The zero-order valence-corrected chi connectivity index (χ0v) is 20.3. The van der Waals surface area contributed by atoms with E-state index >= 15 is 0 Å². The van der Waals surface area contributed by atoms with Gasteiger partial charge in [-0.25, -0.2) is 0 Å². The Morgan fingerprint density at radius 3 is 2.52 bits per heavy atom. The standard InChI is InChI=1S/C28H36N2O3/c1-5-32-27(31)8-6-7-15-33-22-13-14-25-23(17-22)28(21-11-9-20(4)10-12-21)24(18-29)26(30-25)16-19(2)3/h9-14,17,19H,5-8,15-16,18,29H2,1-4H3. The van der Waals surface area contributed by atoms with Crippen LogP contribution in [0.1, 0.15) is 56.9 Å². The largest absolute Gasteiger partial charge is 0.494 e. The van der Waals surface area contributed by atoms with Gasteiger partial charge in [0.15, 0.2) is 0 Å². The number of ether oxygens (including phenoxy) is 2. The number of unbranched alkanes of at least 4 members (excludes halogenated alkanes) is 1. The molecule has 2 N–H and O–H groups in total. The molecule has 5 heteroatoms. The second kappa shape index (κ2) is 11.8. The van der Waals surface area contributed by atoms with Gasteiger partial charge in [0.1, 0.15) is 5.75 Å². The summed E-state index contributed by atoms with van der Waals surface area (Å²) < 4.78 is 11.0. The SMILES string of the molecule is CCOC(=O)CCCCOc1ccc2nc(CC(C)C)c(CN)c(-c3ccc(C)cc3)c2c1. The van der Waals surface area contributed by atoms with Crippen LogP contribution in [0, 0.1) is 12.8 Å². The summed E-state index contributed by atoms with van der Waals surface area (Å²) in [5, 5.41) is 1.05. The molecule has 0 aliphatic heterocycles. The number of aromatic nitrogens is 1. The molecule has 0 aliphatic rings. The number of nitrogens with two attached hydrogens (primary N) is 1. The Balaban J connectivity index is 1.91. The Bertz CT molecular complexity index is 1070. The Hall–Kier alpha value is -2.92. The van der Waals surface area contributed by atoms with Crippen LogP contribution in [0.5, 0.6) is 5.75 Å². The van der Waals surface area contributed by atoms with Gasteiger partial charge in [-0.3, -0.25) is 9.78 Å². The van der Waals surface area contributed by atoms with Crippen molar-refractivity contribution in [2.45, 2.75) is 59.9 Å². The van der Waals surface area contributed by atoms with Crippen LogP contribution >= 0.6 is 0 Å². The molecule has 1 aromatic heterocycles. The average Bonchev–Trinajstić information content (AvgIpc) is 2.78. The quantitative estimate of drug-likeness (QED) is 0.288. The number of nitrogens with zero attached hydrogens (tertiary/aromatic N) is 1. The van der Waals surface area contributed by atoms with E-state index in [-0.39, 0.29) is 5.97 Å². The van der Waals surface area contributed by atoms with E-state index in [9.17, 15) is 4.79 Å². The molecule has 33 heavy (non-hydrogen) atoms. The maximum atomic E-state index is 11.5. The van der Waals surface area contributed by atoms with E-state index in [0.29, 0.717) is 32.1 Å². The third kappa shape index (κ3) is 6.55. The lowest BCUT2D eigenvalue weighted by Crippen LogP contribution is -2.10. The molecule has 0 fully saturated rings. The van der Waals surface area contributed by atoms with Crippen LogP contribution in [-0.4, -0.2) is 24.2 Å². The van der Waals surface area contributed by atoms with Crippen molar-refractivity contribution in [3.63, 3.8) is 0 Å². The number of aryl methyl sites for hydroxylation is 1. The van der Waals surface area contributed by atoms with Crippen LogP contribution in [0.4, 0.5) is 0 Å². The molecule has 0 saturated carbocycles. The van der Waals surface area contributed by atoms with Crippen molar-refractivity contribution in [2.24, 2.45) is 11.7 Å². The highest BCUT2D eigenvalue weighted by Gasteiger charge is 2.17. The second-order valence-electron chi connectivity index (χ2n) is 8.87. The van der Waals surface area contributed by atoms with Crippen molar-refractivity contribution in [3.8, 4) is 16.9 Å². The third-order valence-corrected chi connectivity index (χ3v) is 5.64. The fourth-order valence-corrected chi connectivity index (χ4v) is 4.04. The van der Waals surface area contributed by atoms with Gasteiger partial charge in [-0.2, -0.15) is 0 Å². The summed E-state index contributed by atoms with van der Waals surface area (Å²) in [4.78, 5) is 16.5. The van der Waals surface area contributed by atoms with Gasteiger partial charge in [-0.1, -0.05) is 43.7 Å². The first-order valence-electron chi connectivity index (χ1n) is 11.9. The predicted octanol–water partition coefficient (Wildman–Crippen LogP) is 5.98. The molecule has 5 nitrogen and oxygen atoms in total. The number of esters is 1. The van der Waals surface area contributed by atoms with Crippen LogP contribution in [0.25, 0.3) is 22.0 Å². The van der Waals surface area contributed by atoms with Crippen molar-refractivity contribution in [1.29, 1.82) is 0 Å². The predicted molar refractivity (Wildman–Crippen MR) is 134 cm³/mol. The maximum absolute atomic E-state index is 11.5. The number of pyridine rings is 1. The molecule has 0 saturated heterocycles. The molecule has 0 radical (unpaired) electrons.